The lowest BCUT2D eigenvalue weighted by molar-refractivity contribution is 0.0814. The number of oxazole rings is 1. The number of nitrogens with zero attached hydrogens (tertiary/aromatic N) is 2. The maximum Gasteiger partial charge on any atom is 0.251 e. The van der Waals surface area contributed by atoms with Gasteiger partial charge < -0.3 is 30.0 Å². The third-order valence-electron chi connectivity index (χ3n) is 7.38. The van der Waals surface area contributed by atoms with E-state index in [1.54, 1.807) is 18.5 Å². The van der Waals surface area contributed by atoms with Gasteiger partial charge in [-0.05, 0) is 67.6 Å². The molecule has 0 saturated carbocycles. The Bertz CT molecular complexity index is 1420. The molecule has 0 fully saturated rings. The molecule has 0 spiro atoms. The average Bonchev–Trinajstić information content (AvgIpc) is 3.68. The highest BCUT2D eigenvalue weighted by Crippen LogP contribution is 2.39. The Morgan fingerprint density at radius 2 is 2.05 bits per heavy atom. The van der Waals surface area contributed by atoms with Crippen LogP contribution < -0.4 is 15.5 Å². The van der Waals surface area contributed by atoms with Gasteiger partial charge in [-0.25, -0.2) is 13.8 Å². The van der Waals surface area contributed by atoms with Crippen molar-refractivity contribution in [3.63, 3.8) is 0 Å². The van der Waals surface area contributed by atoms with E-state index in [4.69, 9.17) is 4.42 Å². The van der Waals surface area contributed by atoms with Crippen LogP contribution in [-0.4, -0.2) is 52.8 Å². The fraction of sp³-hybridized carbons (Fsp3) is 0.355. The van der Waals surface area contributed by atoms with Crippen molar-refractivity contribution in [2.75, 3.05) is 29.9 Å². The summed E-state index contributed by atoms with van der Waals surface area (Å²) in [6, 6.07) is 9.79. The number of amides is 1. The molecule has 0 aliphatic carbocycles. The number of carbonyl (C=O) groups is 1. The van der Waals surface area contributed by atoms with E-state index in [0.717, 1.165) is 55.6 Å². The first-order valence-electron chi connectivity index (χ1n) is 14.0. The van der Waals surface area contributed by atoms with Crippen molar-refractivity contribution in [3.8, 4) is 11.5 Å². The molecule has 41 heavy (non-hydrogen) atoms. The van der Waals surface area contributed by atoms with Crippen LogP contribution in [0.5, 0.6) is 0 Å². The summed E-state index contributed by atoms with van der Waals surface area (Å²) in [5.74, 6) is -1.45. The summed E-state index contributed by atoms with van der Waals surface area (Å²) in [5, 5.41) is 17.6. The molecule has 216 valence electrons. The lowest BCUT2D eigenvalue weighted by atomic mass is 9.96. The number of unbranched alkanes of at least 4 members (excludes halogenated alkanes) is 1. The molecule has 0 bridgehead atoms. The molecule has 5 rings (SSSR count). The van der Waals surface area contributed by atoms with Crippen LogP contribution in [0.15, 0.2) is 65.5 Å². The predicted molar refractivity (Wildman–Crippen MR) is 154 cm³/mol. The quantitative estimate of drug-likeness (QED) is 0.186. The predicted octanol–water partition coefficient (Wildman–Crippen LogP) is 5.31. The third kappa shape index (κ3) is 6.94. The van der Waals surface area contributed by atoms with Crippen LogP contribution in [-0.2, 0) is 12.8 Å². The molecule has 1 aliphatic rings. The number of anilines is 2. The maximum atomic E-state index is 14.0. The van der Waals surface area contributed by atoms with Gasteiger partial charge in [-0.1, -0.05) is 13.3 Å². The van der Waals surface area contributed by atoms with Crippen LogP contribution in [0.1, 0.15) is 47.8 Å². The summed E-state index contributed by atoms with van der Waals surface area (Å²) < 4.78 is 33.6. The summed E-state index contributed by atoms with van der Waals surface area (Å²) >= 11 is 0. The molecule has 2 unspecified atom stereocenters. The van der Waals surface area contributed by atoms with Crippen molar-refractivity contribution in [2.24, 2.45) is 0 Å². The molecule has 8 nitrogen and oxygen atoms in total. The smallest absolute Gasteiger partial charge is 0.251 e. The van der Waals surface area contributed by atoms with Gasteiger partial charge in [0.05, 0.1) is 35.3 Å². The van der Waals surface area contributed by atoms with Crippen molar-refractivity contribution >= 4 is 17.3 Å². The van der Waals surface area contributed by atoms with Crippen molar-refractivity contribution in [2.45, 2.75) is 51.2 Å². The minimum Gasteiger partial charge on any atom is -0.444 e. The number of carbonyl (C=O) groups excluding carboxylic acids is 1. The molecule has 1 aliphatic heterocycles. The number of fused-ring (bicyclic) bond motifs is 1. The highest BCUT2D eigenvalue weighted by molar-refractivity contribution is 6.00. The Kier molecular flexibility index (Phi) is 8.98. The fourth-order valence-corrected chi connectivity index (χ4v) is 5.28. The number of aliphatic hydroxyl groups is 1. The Labute approximate surface area is 237 Å². The first-order chi connectivity index (χ1) is 19.9. The van der Waals surface area contributed by atoms with Crippen LogP contribution >= 0.6 is 0 Å². The second-order valence-electron chi connectivity index (χ2n) is 10.4. The monoisotopic (exact) mass is 563 g/mol. The van der Waals surface area contributed by atoms with E-state index in [1.807, 2.05) is 18.2 Å². The van der Waals surface area contributed by atoms with Gasteiger partial charge in [-0.3, -0.25) is 4.79 Å². The third-order valence-corrected chi connectivity index (χ3v) is 7.38. The number of halogens is 2. The number of benzene rings is 2. The van der Waals surface area contributed by atoms with Gasteiger partial charge in [-0.15, -0.1) is 0 Å². The van der Waals surface area contributed by atoms with E-state index >= 15 is 0 Å². The van der Waals surface area contributed by atoms with Gasteiger partial charge in [0.15, 0.2) is 0 Å². The normalized spacial score (nSPS) is 14.3. The zero-order valence-electron chi connectivity index (χ0n) is 23.0. The molecule has 2 aromatic carbocycles. The first-order valence-corrected chi connectivity index (χ1v) is 14.0. The number of aromatic amines is 1. The number of aryl methyl sites for hydroxylation is 1. The van der Waals surface area contributed by atoms with E-state index in [2.05, 4.69) is 32.4 Å². The van der Waals surface area contributed by atoms with Crippen molar-refractivity contribution in [3.05, 3.63) is 89.6 Å². The zero-order valence-corrected chi connectivity index (χ0v) is 23.0. The van der Waals surface area contributed by atoms with Crippen LogP contribution in [0.3, 0.4) is 0 Å². The summed E-state index contributed by atoms with van der Waals surface area (Å²) in [4.78, 5) is 23.5. The molecular weight excluding hydrogens is 528 g/mol. The maximum absolute atomic E-state index is 14.0. The van der Waals surface area contributed by atoms with Crippen molar-refractivity contribution in [1.29, 1.82) is 0 Å². The van der Waals surface area contributed by atoms with Gasteiger partial charge >= 0.3 is 0 Å². The SMILES string of the molecule is CCCCN1CCNc2c(-c3ncco3)cc(C(=O)NC(Cc3cc(F)cc(F)c3)C(O)CCc3ccc[nH]3)cc21. The molecule has 10 heteroatoms. The molecule has 2 aromatic heterocycles. The van der Waals surface area contributed by atoms with Gasteiger partial charge in [-0.2, -0.15) is 0 Å². The Balaban J connectivity index is 1.45. The van der Waals surface area contributed by atoms with Crippen molar-refractivity contribution < 1.29 is 23.1 Å². The molecule has 2 atom stereocenters. The van der Waals surface area contributed by atoms with Gasteiger partial charge in [0.2, 0.25) is 5.89 Å². The minimum atomic E-state index is -0.972. The van der Waals surface area contributed by atoms with Crippen LogP contribution in [0.25, 0.3) is 11.5 Å². The second kappa shape index (κ2) is 13.0. The minimum absolute atomic E-state index is 0.0496. The summed E-state index contributed by atoms with van der Waals surface area (Å²) in [6.45, 7) is 4.51. The molecule has 4 N–H and O–H groups in total. The largest absolute Gasteiger partial charge is 0.444 e. The summed E-state index contributed by atoms with van der Waals surface area (Å²) in [6.07, 6.45) is 6.84. The Morgan fingerprint density at radius 1 is 1.22 bits per heavy atom. The number of aromatic nitrogens is 2. The summed E-state index contributed by atoms with van der Waals surface area (Å²) in [5.41, 5.74) is 4.04. The number of nitrogens with one attached hydrogen (secondary N) is 3. The van der Waals surface area contributed by atoms with Gasteiger partial charge in [0, 0.05) is 43.2 Å². The van der Waals surface area contributed by atoms with E-state index in [1.165, 1.54) is 18.4 Å². The lowest BCUT2D eigenvalue weighted by Gasteiger charge is -2.33. The number of hydrogen-bond donors (Lipinski definition) is 4. The zero-order chi connectivity index (χ0) is 28.8. The number of rotatable bonds is 12. The fourth-order valence-electron chi connectivity index (χ4n) is 5.28. The molecular formula is C31H35F2N5O3. The van der Waals surface area contributed by atoms with E-state index in [-0.39, 0.29) is 6.42 Å². The van der Waals surface area contributed by atoms with Crippen molar-refractivity contribution in [1.82, 2.24) is 15.3 Å². The van der Waals surface area contributed by atoms with E-state index < -0.39 is 29.7 Å². The highest BCUT2D eigenvalue weighted by Gasteiger charge is 2.27. The average molecular weight is 564 g/mol. The van der Waals surface area contributed by atoms with E-state index in [0.29, 0.717) is 35.4 Å². The van der Waals surface area contributed by atoms with Crippen LogP contribution in [0.4, 0.5) is 20.2 Å². The standard InChI is InChI=1S/C31H35F2N5O3/c1-2-3-11-38-12-9-35-29-25(31-36-10-13-41-31)17-21(18-27(29)38)30(40)37-26(16-20-14-22(32)19-23(33)15-20)28(39)7-6-24-5-4-8-34-24/h4-5,8,10,13-15,17-19,26,28,34-35,39H,2-3,6-7,9,11-12,16H2,1H3,(H,37,40). The Hall–Kier alpha value is -4.18. The van der Waals surface area contributed by atoms with Gasteiger partial charge in [0.1, 0.15) is 17.9 Å². The topological polar surface area (TPSA) is 106 Å². The molecule has 4 aromatic rings. The first kappa shape index (κ1) is 28.4. The number of aliphatic hydroxyl groups excluding tert-OH is 1. The van der Waals surface area contributed by atoms with Crippen LogP contribution in [0, 0.1) is 11.6 Å². The second-order valence-corrected chi connectivity index (χ2v) is 10.4. The molecule has 1 amide bonds. The molecule has 0 radical (unpaired) electrons. The molecule has 3 heterocycles. The highest BCUT2D eigenvalue weighted by atomic mass is 19.1. The number of hydrogen-bond acceptors (Lipinski definition) is 6. The lowest BCUT2D eigenvalue weighted by Crippen LogP contribution is -2.45. The summed E-state index contributed by atoms with van der Waals surface area (Å²) in [7, 11) is 0. The van der Waals surface area contributed by atoms with E-state index in [9.17, 15) is 18.7 Å². The van der Waals surface area contributed by atoms with Gasteiger partial charge in [0.25, 0.3) is 5.91 Å². The molecule has 0 saturated heterocycles. The van der Waals surface area contributed by atoms with Crippen LogP contribution in [0.2, 0.25) is 0 Å². The number of H-pyrrole nitrogens is 1. The Morgan fingerprint density at radius 3 is 2.76 bits per heavy atom.